The number of phenolic OH excluding ortho intramolecular Hbond substituents is 1. The Labute approximate surface area is 124 Å². The zero-order valence-electron chi connectivity index (χ0n) is 9.90. The molecule has 1 aliphatic rings. The van der Waals surface area contributed by atoms with Crippen LogP contribution in [0.25, 0.3) is 6.08 Å². The number of rotatable bonds is 3. The van der Waals surface area contributed by atoms with E-state index in [9.17, 15) is 9.90 Å². The molecule has 0 aliphatic carbocycles. The maximum Gasteiger partial charge on any atom is 0.263 e. The van der Waals surface area contributed by atoms with Crippen molar-refractivity contribution in [1.29, 1.82) is 0 Å². The van der Waals surface area contributed by atoms with E-state index in [1.165, 1.54) is 11.8 Å². The number of thioether (sulfide) groups is 1. The van der Waals surface area contributed by atoms with Gasteiger partial charge in [-0.15, -0.1) is 0 Å². The highest BCUT2D eigenvalue weighted by atomic mass is 35.5. The monoisotopic (exact) mass is 315 g/mol. The van der Waals surface area contributed by atoms with Crippen molar-refractivity contribution in [2.24, 2.45) is 0 Å². The van der Waals surface area contributed by atoms with Crippen molar-refractivity contribution < 1.29 is 14.6 Å². The summed E-state index contributed by atoms with van der Waals surface area (Å²) in [6, 6.07) is 3.18. The standard InChI is InChI=1S/C12H10ClNO3S2/c1-2-17-8-4-6(3-7(13)10(8)15)5-9-11(16)14-12(18)19-9/h3-5,15H,2H2,1H3,(H,14,16,18). The lowest BCUT2D eigenvalue weighted by Gasteiger charge is -2.08. The van der Waals surface area contributed by atoms with E-state index in [1.807, 2.05) is 0 Å². The molecule has 1 fully saturated rings. The van der Waals surface area contributed by atoms with Crippen LogP contribution in [0.5, 0.6) is 11.5 Å². The van der Waals surface area contributed by atoms with E-state index in [1.54, 1.807) is 25.1 Å². The SMILES string of the molecule is CCOc1cc(C=C2SC(=S)NC2=O)cc(Cl)c1O. The summed E-state index contributed by atoms with van der Waals surface area (Å²) in [5.41, 5.74) is 0.661. The first-order valence-corrected chi connectivity index (χ1v) is 7.01. The Hall–Kier alpha value is -1.24. The summed E-state index contributed by atoms with van der Waals surface area (Å²) in [6.45, 7) is 2.21. The van der Waals surface area contributed by atoms with Gasteiger partial charge >= 0.3 is 0 Å². The zero-order valence-corrected chi connectivity index (χ0v) is 12.3. The van der Waals surface area contributed by atoms with Gasteiger partial charge in [0.25, 0.3) is 5.91 Å². The number of ether oxygens (including phenoxy) is 1. The maximum absolute atomic E-state index is 11.6. The molecule has 0 spiro atoms. The van der Waals surface area contributed by atoms with Crippen LogP contribution in [0, 0.1) is 0 Å². The van der Waals surface area contributed by atoms with E-state index in [0.717, 1.165) is 0 Å². The molecule has 0 unspecified atom stereocenters. The highest BCUT2D eigenvalue weighted by Crippen LogP contribution is 2.36. The number of hydrogen-bond acceptors (Lipinski definition) is 5. The van der Waals surface area contributed by atoms with Gasteiger partial charge < -0.3 is 15.2 Å². The largest absolute Gasteiger partial charge is 0.503 e. The third kappa shape index (κ3) is 3.20. The highest BCUT2D eigenvalue weighted by Gasteiger charge is 2.22. The van der Waals surface area contributed by atoms with Gasteiger partial charge in [-0.05, 0) is 30.7 Å². The second-order valence-corrected chi connectivity index (χ2v) is 5.76. The minimum atomic E-state index is -0.239. The van der Waals surface area contributed by atoms with Crippen molar-refractivity contribution in [2.45, 2.75) is 6.92 Å². The number of amides is 1. The van der Waals surface area contributed by atoms with E-state index in [4.69, 9.17) is 28.6 Å². The lowest BCUT2D eigenvalue weighted by Crippen LogP contribution is -2.17. The summed E-state index contributed by atoms with van der Waals surface area (Å²) in [6.07, 6.45) is 1.65. The Morgan fingerprint density at radius 3 is 2.89 bits per heavy atom. The number of hydrogen-bond donors (Lipinski definition) is 2. The number of aromatic hydroxyl groups is 1. The van der Waals surface area contributed by atoms with Gasteiger partial charge in [0.05, 0.1) is 16.5 Å². The first kappa shape index (κ1) is 14.2. The predicted molar refractivity (Wildman–Crippen MR) is 80.6 cm³/mol. The molecule has 1 heterocycles. The van der Waals surface area contributed by atoms with E-state index in [-0.39, 0.29) is 22.4 Å². The number of carbonyl (C=O) groups excluding carboxylic acids is 1. The molecular weight excluding hydrogens is 306 g/mol. The van der Waals surface area contributed by atoms with Crippen molar-refractivity contribution in [2.75, 3.05) is 6.61 Å². The summed E-state index contributed by atoms with van der Waals surface area (Å²) in [5.74, 6) is -0.0605. The number of benzene rings is 1. The van der Waals surface area contributed by atoms with Gasteiger partial charge in [-0.2, -0.15) is 0 Å². The number of thiocarbonyl (C=S) groups is 1. The van der Waals surface area contributed by atoms with Crippen LogP contribution in [-0.2, 0) is 4.79 Å². The summed E-state index contributed by atoms with van der Waals surface area (Å²) >= 11 is 12.0. The molecule has 2 rings (SSSR count). The number of carbonyl (C=O) groups is 1. The van der Waals surface area contributed by atoms with Crippen LogP contribution in [-0.4, -0.2) is 21.9 Å². The number of phenols is 1. The van der Waals surface area contributed by atoms with Gasteiger partial charge in [0.15, 0.2) is 11.5 Å². The molecule has 1 amide bonds. The smallest absolute Gasteiger partial charge is 0.263 e. The summed E-state index contributed by atoms with van der Waals surface area (Å²) < 4.78 is 5.70. The van der Waals surface area contributed by atoms with E-state index in [0.29, 0.717) is 21.4 Å². The molecule has 0 radical (unpaired) electrons. The molecule has 0 atom stereocenters. The molecule has 2 N–H and O–H groups in total. The van der Waals surface area contributed by atoms with Gasteiger partial charge in [-0.1, -0.05) is 35.6 Å². The quantitative estimate of drug-likeness (QED) is 0.663. The van der Waals surface area contributed by atoms with Crippen LogP contribution in [0.1, 0.15) is 12.5 Å². The Bertz CT molecular complexity index is 587. The molecule has 1 aromatic carbocycles. The van der Waals surface area contributed by atoms with Gasteiger partial charge in [0.2, 0.25) is 0 Å². The third-order valence-electron chi connectivity index (χ3n) is 2.29. The van der Waals surface area contributed by atoms with Crippen molar-refractivity contribution in [3.63, 3.8) is 0 Å². The average molecular weight is 316 g/mol. The van der Waals surface area contributed by atoms with E-state index < -0.39 is 0 Å². The average Bonchev–Trinajstić information content (AvgIpc) is 2.64. The van der Waals surface area contributed by atoms with Crippen molar-refractivity contribution in [3.8, 4) is 11.5 Å². The molecule has 4 nitrogen and oxygen atoms in total. The fourth-order valence-electron chi connectivity index (χ4n) is 1.52. The molecule has 1 aliphatic heterocycles. The highest BCUT2D eigenvalue weighted by molar-refractivity contribution is 8.26. The Morgan fingerprint density at radius 2 is 2.32 bits per heavy atom. The van der Waals surface area contributed by atoms with Crippen molar-refractivity contribution in [3.05, 3.63) is 27.6 Å². The number of halogens is 1. The molecular formula is C12H10ClNO3S2. The molecule has 19 heavy (non-hydrogen) atoms. The van der Waals surface area contributed by atoms with Crippen molar-refractivity contribution >= 4 is 51.9 Å². The predicted octanol–water partition coefficient (Wildman–Crippen LogP) is 2.93. The van der Waals surface area contributed by atoms with Crippen LogP contribution >= 0.6 is 35.6 Å². The topological polar surface area (TPSA) is 58.6 Å². The van der Waals surface area contributed by atoms with Gasteiger partial charge in [0, 0.05) is 0 Å². The van der Waals surface area contributed by atoms with Crippen LogP contribution in [0.4, 0.5) is 0 Å². The first-order valence-electron chi connectivity index (χ1n) is 5.41. The molecule has 7 heteroatoms. The molecule has 1 saturated heterocycles. The summed E-state index contributed by atoms with van der Waals surface area (Å²) in [4.78, 5) is 12.0. The van der Waals surface area contributed by atoms with E-state index in [2.05, 4.69) is 5.32 Å². The zero-order chi connectivity index (χ0) is 14.0. The second-order valence-electron chi connectivity index (χ2n) is 3.63. The Kier molecular flexibility index (Phi) is 4.34. The summed E-state index contributed by atoms with van der Waals surface area (Å²) in [7, 11) is 0. The van der Waals surface area contributed by atoms with Crippen LogP contribution in [0.15, 0.2) is 17.0 Å². The van der Waals surface area contributed by atoms with E-state index >= 15 is 0 Å². The van der Waals surface area contributed by atoms with Crippen molar-refractivity contribution in [1.82, 2.24) is 5.32 Å². The normalized spacial score (nSPS) is 16.8. The van der Waals surface area contributed by atoms with Crippen LogP contribution < -0.4 is 10.1 Å². The minimum absolute atomic E-state index is 0.107. The first-order chi connectivity index (χ1) is 9.01. The van der Waals surface area contributed by atoms with Gasteiger partial charge in [-0.25, -0.2) is 0 Å². The van der Waals surface area contributed by atoms with Gasteiger partial charge in [-0.3, -0.25) is 4.79 Å². The lowest BCUT2D eigenvalue weighted by molar-refractivity contribution is -0.115. The molecule has 0 aromatic heterocycles. The van der Waals surface area contributed by atoms with Crippen LogP contribution in [0.2, 0.25) is 5.02 Å². The number of nitrogens with one attached hydrogen (secondary N) is 1. The summed E-state index contributed by atoms with van der Waals surface area (Å²) in [5, 5.41) is 12.4. The fourth-order valence-corrected chi connectivity index (χ4v) is 2.78. The molecule has 0 bridgehead atoms. The fraction of sp³-hybridized carbons (Fsp3) is 0.167. The Morgan fingerprint density at radius 1 is 1.58 bits per heavy atom. The molecule has 100 valence electrons. The molecule has 0 saturated carbocycles. The third-order valence-corrected chi connectivity index (χ3v) is 3.74. The van der Waals surface area contributed by atoms with Crippen LogP contribution in [0.3, 0.4) is 0 Å². The Balaban J connectivity index is 2.38. The molecule has 1 aromatic rings. The van der Waals surface area contributed by atoms with Gasteiger partial charge in [0.1, 0.15) is 4.32 Å². The maximum atomic E-state index is 11.6. The second kappa shape index (κ2) is 5.81. The lowest BCUT2D eigenvalue weighted by atomic mass is 10.2. The minimum Gasteiger partial charge on any atom is -0.503 e.